The van der Waals surface area contributed by atoms with Crippen LogP contribution in [-0.2, 0) is 19.0 Å². The average molecular weight is 216 g/mol. The second-order valence-electron chi connectivity index (χ2n) is 3.13. The number of hydrogen-bond acceptors (Lipinski definition) is 4. The van der Waals surface area contributed by atoms with E-state index in [1.165, 1.54) is 0 Å². The van der Waals surface area contributed by atoms with Crippen molar-refractivity contribution in [2.75, 3.05) is 26.4 Å². The molecule has 0 atom stereocenters. The van der Waals surface area contributed by atoms with Gasteiger partial charge in [-0.25, -0.2) is 4.79 Å². The van der Waals surface area contributed by atoms with Crippen LogP contribution in [0.3, 0.4) is 0 Å². The molecule has 0 fully saturated rings. The summed E-state index contributed by atoms with van der Waals surface area (Å²) in [6.07, 6.45) is -0.353. The topological polar surface area (TPSA) is 44.8 Å². The van der Waals surface area contributed by atoms with Crippen LogP contribution in [0.4, 0.5) is 0 Å². The van der Waals surface area contributed by atoms with E-state index in [4.69, 9.17) is 14.2 Å². The number of hydrogen-bond donors (Lipinski definition) is 0. The zero-order valence-electron chi connectivity index (χ0n) is 9.75. The number of rotatable bonds is 8. The van der Waals surface area contributed by atoms with Crippen LogP contribution in [0.15, 0.2) is 12.2 Å². The molecule has 0 aliphatic heterocycles. The van der Waals surface area contributed by atoms with Crippen LogP contribution in [0.25, 0.3) is 0 Å². The zero-order chi connectivity index (χ0) is 11.7. The predicted octanol–water partition coefficient (Wildman–Crippen LogP) is 1.55. The van der Waals surface area contributed by atoms with Crippen molar-refractivity contribution in [1.82, 2.24) is 0 Å². The van der Waals surface area contributed by atoms with Crippen molar-refractivity contribution in [1.29, 1.82) is 0 Å². The molecular weight excluding hydrogens is 196 g/mol. The summed E-state index contributed by atoms with van der Waals surface area (Å²) < 4.78 is 15.5. The Hall–Kier alpha value is -0.870. The highest BCUT2D eigenvalue weighted by Gasteiger charge is 2.15. The van der Waals surface area contributed by atoms with Gasteiger partial charge in [0.2, 0.25) is 0 Å². The fourth-order valence-electron chi connectivity index (χ4n) is 0.867. The molecular formula is C11H20O4. The number of ether oxygens (including phenoxy) is 3. The molecule has 0 saturated heterocycles. The molecule has 15 heavy (non-hydrogen) atoms. The van der Waals surface area contributed by atoms with Crippen LogP contribution in [0, 0.1) is 0 Å². The first kappa shape index (κ1) is 14.1. The molecule has 0 heterocycles. The highest BCUT2D eigenvalue weighted by atomic mass is 16.6. The first-order chi connectivity index (χ1) is 7.11. The predicted molar refractivity (Wildman–Crippen MR) is 57.7 cm³/mol. The highest BCUT2D eigenvalue weighted by molar-refractivity contribution is 5.87. The first-order valence-corrected chi connectivity index (χ1v) is 5.13. The fraction of sp³-hybridized carbons (Fsp3) is 0.727. The lowest BCUT2D eigenvalue weighted by Crippen LogP contribution is -2.28. The van der Waals surface area contributed by atoms with Gasteiger partial charge in [0.1, 0.15) is 6.10 Å². The third-order valence-corrected chi connectivity index (χ3v) is 1.64. The van der Waals surface area contributed by atoms with Gasteiger partial charge in [-0.2, -0.15) is 0 Å². The van der Waals surface area contributed by atoms with Gasteiger partial charge >= 0.3 is 5.97 Å². The Kier molecular flexibility index (Phi) is 7.95. The minimum atomic E-state index is -0.403. The molecule has 0 aromatic rings. The lowest BCUT2D eigenvalue weighted by atomic mass is 10.3. The van der Waals surface area contributed by atoms with E-state index >= 15 is 0 Å². The zero-order valence-corrected chi connectivity index (χ0v) is 9.75. The molecule has 0 unspecified atom stereocenters. The third-order valence-electron chi connectivity index (χ3n) is 1.64. The minimum Gasteiger partial charge on any atom is -0.454 e. The van der Waals surface area contributed by atoms with Crippen molar-refractivity contribution in [3.8, 4) is 0 Å². The summed E-state index contributed by atoms with van der Waals surface area (Å²) in [6.45, 7) is 10.8. The Morgan fingerprint density at radius 3 is 2.00 bits per heavy atom. The Balaban J connectivity index is 3.98. The van der Waals surface area contributed by atoms with Gasteiger partial charge in [0.15, 0.2) is 0 Å². The minimum absolute atomic E-state index is 0.353. The van der Waals surface area contributed by atoms with Gasteiger partial charge < -0.3 is 14.2 Å². The van der Waals surface area contributed by atoms with Crippen LogP contribution in [0.1, 0.15) is 20.8 Å². The SMILES string of the molecule is C=C(C)C(=O)OC(COCC)COCC. The maximum Gasteiger partial charge on any atom is 0.333 e. The lowest BCUT2D eigenvalue weighted by Gasteiger charge is -2.17. The van der Waals surface area contributed by atoms with Crippen LogP contribution in [0.5, 0.6) is 0 Å². The fourth-order valence-corrected chi connectivity index (χ4v) is 0.867. The summed E-state index contributed by atoms with van der Waals surface area (Å²) in [5.74, 6) is -0.403. The molecule has 0 amide bonds. The van der Waals surface area contributed by atoms with Crippen LogP contribution in [-0.4, -0.2) is 38.5 Å². The standard InChI is InChI=1S/C11H20O4/c1-5-13-7-10(8-14-6-2)15-11(12)9(3)4/h10H,3,5-8H2,1-2,4H3. The molecule has 0 aromatic heterocycles. The molecule has 0 N–H and O–H groups in total. The van der Waals surface area contributed by atoms with Gasteiger partial charge in [-0.05, 0) is 20.8 Å². The molecule has 0 aliphatic rings. The highest BCUT2D eigenvalue weighted by Crippen LogP contribution is 2.01. The van der Waals surface area contributed by atoms with E-state index in [-0.39, 0.29) is 6.10 Å². The normalized spacial score (nSPS) is 10.4. The lowest BCUT2D eigenvalue weighted by molar-refractivity contribution is -0.151. The molecule has 4 heteroatoms. The molecule has 0 aromatic carbocycles. The molecule has 0 aliphatic carbocycles. The largest absolute Gasteiger partial charge is 0.454 e. The number of carbonyl (C=O) groups excluding carboxylic acids is 1. The Morgan fingerprint density at radius 1 is 1.20 bits per heavy atom. The molecule has 0 bridgehead atoms. The summed E-state index contributed by atoms with van der Waals surface area (Å²) in [4.78, 5) is 11.2. The number of esters is 1. The number of carbonyl (C=O) groups is 1. The summed E-state index contributed by atoms with van der Waals surface area (Å²) in [7, 11) is 0. The van der Waals surface area contributed by atoms with Crippen LogP contribution in [0.2, 0.25) is 0 Å². The summed E-state index contributed by atoms with van der Waals surface area (Å²) >= 11 is 0. The second-order valence-corrected chi connectivity index (χ2v) is 3.13. The molecule has 88 valence electrons. The van der Waals surface area contributed by atoms with Crippen molar-refractivity contribution >= 4 is 5.97 Å². The second kappa shape index (κ2) is 8.44. The van der Waals surface area contributed by atoms with Gasteiger partial charge in [0.05, 0.1) is 13.2 Å². The smallest absolute Gasteiger partial charge is 0.333 e. The molecule has 0 radical (unpaired) electrons. The Labute approximate surface area is 91.2 Å². The maximum atomic E-state index is 11.2. The van der Waals surface area contributed by atoms with Crippen molar-refractivity contribution in [3.05, 3.63) is 12.2 Å². The van der Waals surface area contributed by atoms with Gasteiger partial charge in [-0.1, -0.05) is 6.58 Å². The molecule has 4 nitrogen and oxygen atoms in total. The maximum absolute atomic E-state index is 11.2. The van der Waals surface area contributed by atoms with Crippen molar-refractivity contribution in [2.45, 2.75) is 26.9 Å². The summed E-state index contributed by atoms with van der Waals surface area (Å²) in [5, 5.41) is 0. The Bertz CT molecular complexity index is 193. The summed E-state index contributed by atoms with van der Waals surface area (Å²) in [6, 6.07) is 0. The summed E-state index contributed by atoms with van der Waals surface area (Å²) in [5.41, 5.74) is 0.382. The third kappa shape index (κ3) is 7.11. The van der Waals surface area contributed by atoms with Crippen molar-refractivity contribution < 1.29 is 19.0 Å². The average Bonchev–Trinajstić information content (AvgIpc) is 2.21. The molecule has 0 spiro atoms. The van der Waals surface area contributed by atoms with E-state index in [0.29, 0.717) is 32.0 Å². The molecule has 0 saturated carbocycles. The monoisotopic (exact) mass is 216 g/mol. The van der Waals surface area contributed by atoms with E-state index in [0.717, 1.165) is 0 Å². The van der Waals surface area contributed by atoms with E-state index < -0.39 is 5.97 Å². The van der Waals surface area contributed by atoms with Gasteiger partial charge in [-0.15, -0.1) is 0 Å². The van der Waals surface area contributed by atoms with E-state index in [1.807, 2.05) is 13.8 Å². The van der Waals surface area contributed by atoms with Crippen LogP contribution >= 0.6 is 0 Å². The van der Waals surface area contributed by atoms with E-state index in [9.17, 15) is 4.79 Å². The van der Waals surface area contributed by atoms with Crippen molar-refractivity contribution in [2.24, 2.45) is 0 Å². The first-order valence-electron chi connectivity index (χ1n) is 5.13. The van der Waals surface area contributed by atoms with E-state index in [1.54, 1.807) is 6.92 Å². The van der Waals surface area contributed by atoms with Crippen LogP contribution < -0.4 is 0 Å². The van der Waals surface area contributed by atoms with E-state index in [2.05, 4.69) is 6.58 Å². The Morgan fingerprint density at radius 2 is 1.67 bits per heavy atom. The van der Waals surface area contributed by atoms with Gasteiger partial charge in [0.25, 0.3) is 0 Å². The van der Waals surface area contributed by atoms with Gasteiger partial charge in [-0.3, -0.25) is 0 Å². The quantitative estimate of drug-likeness (QED) is 0.456. The van der Waals surface area contributed by atoms with Crippen molar-refractivity contribution in [3.63, 3.8) is 0 Å². The molecule has 0 rings (SSSR count). The van der Waals surface area contributed by atoms with Gasteiger partial charge in [0, 0.05) is 18.8 Å².